The predicted octanol–water partition coefficient (Wildman–Crippen LogP) is 6.06. The molecule has 4 aliphatic rings. The summed E-state index contributed by atoms with van der Waals surface area (Å²) in [5, 5.41) is 0. The molecule has 2 aliphatic heterocycles. The molecule has 27 heavy (non-hydrogen) atoms. The second kappa shape index (κ2) is 9.61. The SMILES string of the molecule is CC.CCC1CC2(C1)CC(C1CCN(CC3CCN(C(C)C)CC3)CC1)C2. The van der Waals surface area contributed by atoms with E-state index in [1.807, 2.05) is 13.8 Å². The van der Waals surface area contributed by atoms with Crippen LogP contribution in [0.4, 0.5) is 0 Å². The van der Waals surface area contributed by atoms with Gasteiger partial charge in [-0.15, -0.1) is 0 Å². The van der Waals surface area contributed by atoms with Gasteiger partial charge in [-0.1, -0.05) is 27.2 Å². The summed E-state index contributed by atoms with van der Waals surface area (Å²) in [6.45, 7) is 17.9. The number of rotatable bonds is 5. The normalized spacial score (nSPS) is 36.2. The van der Waals surface area contributed by atoms with Crippen LogP contribution in [0.5, 0.6) is 0 Å². The average molecular weight is 377 g/mol. The third kappa shape index (κ3) is 5.10. The zero-order chi connectivity index (χ0) is 19.4. The van der Waals surface area contributed by atoms with E-state index < -0.39 is 0 Å². The summed E-state index contributed by atoms with van der Waals surface area (Å²) in [7, 11) is 0. The van der Waals surface area contributed by atoms with Gasteiger partial charge in [-0.05, 0) is 120 Å². The molecular formula is C25H48N2. The van der Waals surface area contributed by atoms with Crippen LogP contribution in [0.25, 0.3) is 0 Å². The van der Waals surface area contributed by atoms with Gasteiger partial charge in [0.05, 0.1) is 0 Å². The van der Waals surface area contributed by atoms with Crippen LogP contribution in [0.3, 0.4) is 0 Å². The van der Waals surface area contributed by atoms with Crippen molar-refractivity contribution in [3.63, 3.8) is 0 Å². The molecule has 4 fully saturated rings. The molecule has 0 bridgehead atoms. The first kappa shape index (κ1) is 21.6. The molecule has 0 atom stereocenters. The van der Waals surface area contributed by atoms with Crippen molar-refractivity contribution in [2.75, 3.05) is 32.7 Å². The molecule has 0 aromatic carbocycles. The summed E-state index contributed by atoms with van der Waals surface area (Å²) in [5.41, 5.74) is 0.854. The fraction of sp³-hybridized carbons (Fsp3) is 1.00. The van der Waals surface area contributed by atoms with E-state index in [9.17, 15) is 0 Å². The topological polar surface area (TPSA) is 6.48 Å². The molecule has 0 aromatic rings. The zero-order valence-corrected chi connectivity index (χ0v) is 19.2. The second-order valence-electron chi connectivity index (χ2n) is 10.6. The molecule has 0 unspecified atom stereocenters. The van der Waals surface area contributed by atoms with Gasteiger partial charge < -0.3 is 9.80 Å². The summed E-state index contributed by atoms with van der Waals surface area (Å²) in [5.74, 6) is 4.24. The van der Waals surface area contributed by atoms with Gasteiger partial charge in [0, 0.05) is 12.6 Å². The van der Waals surface area contributed by atoms with Crippen molar-refractivity contribution in [2.45, 2.75) is 98.4 Å². The Bertz CT molecular complexity index is 416. The van der Waals surface area contributed by atoms with E-state index >= 15 is 0 Å². The van der Waals surface area contributed by atoms with Gasteiger partial charge in [0.25, 0.3) is 0 Å². The summed E-state index contributed by atoms with van der Waals surface area (Å²) in [4.78, 5) is 5.48. The van der Waals surface area contributed by atoms with E-state index in [1.54, 1.807) is 25.7 Å². The molecule has 2 heteroatoms. The van der Waals surface area contributed by atoms with E-state index in [2.05, 4.69) is 30.6 Å². The Hall–Kier alpha value is -0.0800. The first-order valence-electron chi connectivity index (χ1n) is 12.5. The van der Waals surface area contributed by atoms with Gasteiger partial charge in [0.2, 0.25) is 0 Å². The van der Waals surface area contributed by atoms with Crippen molar-refractivity contribution < 1.29 is 0 Å². The van der Waals surface area contributed by atoms with E-state index in [4.69, 9.17) is 0 Å². The molecule has 2 heterocycles. The van der Waals surface area contributed by atoms with Gasteiger partial charge in [-0.3, -0.25) is 0 Å². The second-order valence-corrected chi connectivity index (χ2v) is 10.6. The van der Waals surface area contributed by atoms with E-state index in [0.29, 0.717) is 0 Å². The van der Waals surface area contributed by atoms with Crippen molar-refractivity contribution in [1.29, 1.82) is 0 Å². The van der Waals surface area contributed by atoms with Crippen LogP contribution in [0.1, 0.15) is 92.4 Å². The van der Waals surface area contributed by atoms with Crippen molar-refractivity contribution in [2.24, 2.45) is 29.1 Å². The molecule has 2 saturated carbocycles. The third-order valence-electron chi connectivity index (χ3n) is 8.61. The lowest BCUT2D eigenvalue weighted by Crippen LogP contribution is -2.51. The van der Waals surface area contributed by atoms with Crippen molar-refractivity contribution in [3.05, 3.63) is 0 Å². The number of hydrogen-bond acceptors (Lipinski definition) is 2. The molecule has 0 N–H and O–H groups in total. The maximum atomic E-state index is 2.82. The number of hydrogen-bond donors (Lipinski definition) is 0. The highest BCUT2D eigenvalue weighted by Gasteiger charge is 2.53. The molecule has 4 rings (SSSR count). The predicted molar refractivity (Wildman–Crippen MR) is 118 cm³/mol. The maximum absolute atomic E-state index is 2.82. The van der Waals surface area contributed by atoms with Crippen LogP contribution < -0.4 is 0 Å². The minimum atomic E-state index is 0.741. The number of nitrogens with zero attached hydrogens (tertiary/aromatic N) is 2. The van der Waals surface area contributed by atoms with Crippen LogP contribution in [-0.4, -0.2) is 48.6 Å². The lowest BCUT2D eigenvalue weighted by Gasteiger charge is -2.60. The van der Waals surface area contributed by atoms with Crippen LogP contribution in [-0.2, 0) is 0 Å². The Morgan fingerprint density at radius 1 is 0.778 bits per heavy atom. The van der Waals surface area contributed by atoms with Crippen molar-refractivity contribution in [1.82, 2.24) is 9.80 Å². The van der Waals surface area contributed by atoms with Gasteiger partial charge in [0.15, 0.2) is 0 Å². The minimum absolute atomic E-state index is 0.741. The molecule has 2 aliphatic carbocycles. The maximum Gasteiger partial charge on any atom is 0.00385 e. The van der Waals surface area contributed by atoms with E-state index in [0.717, 1.165) is 35.1 Å². The molecule has 0 aromatic heterocycles. The van der Waals surface area contributed by atoms with Crippen LogP contribution >= 0.6 is 0 Å². The number of likely N-dealkylation sites (tertiary alicyclic amines) is 2. The van der Waals surface area contributed by atoms with Gasteiger partial charge >= 0.3 is 0 Å². The lowest BCUT2D eigenvalue weighted by molar-refractivity contribution is -0.0960. The fourth-order valence-electron chi connectivity index (χ4n) is 6.80. The molecule has 158 valence electrons. The largest absolute Gasteiger partial charge is 0.303 e. The number of piperidine rings is 2. The molecule has 2 saturated heterocycles. The van der Waals surface area contributed by atoms with Crippen LogP contribution in [0.15, 0.2) is 0 Å². The molecule has 0 amide bonds. The highest BCUT2D eigenvalue weighted by atomic mass is 15.2. The van der Waals surface area contributed by atoms with Gasteiger partial charge in [-0.2, -0.15) is 0 Å². The lowest BCUT2D eigenvalue weighted by atomic mass is 9.45. The third-order valence-corrected chi connectivity index (χ3v) is 8.61. The molecule has 0 radical (unpaired) electrons. The fourth-order valence-corrected chi connectivity index (χ4v) is 6.80. The van der Waals surface area contributed by atoms with Gasteiger partial charge in [0.1, 0.15) is 0 Å². The minimum Gasteiger partial charge on any atom is -0.303 e. The summed E-state index contributed by atoms with van der Waals surface area (Å²) in [6.07, 6.45) is 13.7. The Balaban J connectivity index is 0.00000102. The Labute approximate surface area is 170 Å². The van der Waals surface area contributed by atoms with Gasteiger partial charge in [-0.25, -0.2) is 0 Å². The van der Waals surface area contributed by atoms with E-state index in [1.165, 1.54) is 64.8 Å². The van der Waals surface area contributed by atoms with Crippen LogP contribution in [0, 0.1) is 29.1 Å². The summed E-state index contributed by atoms with van der Waals surface area (Å²) >= 11 is 0. The van der Waals surface area contributed by atoms with E-state index in [-0.39, 0.29) is 0 Å². The first-order valence-corrected chi connectivity index (χ1v) is 12.5. The summed E-state index contributed by atoms with van der Waals surface area (Å²) in [6, 6.07) is 0.741. The molecular weight excluding hydrogens is 328 g/mol. The molecule has 1 spiro atoms. The summed E-state index contributed by atoms with van der Waals surface area (Å²) < 4.78 is 0. The Morgan fingerprint density at radius 3 is 1.89 bits per heavy atom. The zero-order valence-electron chi connectivity index (χ0n) is 19.2. The quantitative estimate of drug-likeness (QED) is 0.575. The highest BCUT2D eigenvalue weighted by molar-refractivity contribution is 5.04. The smallest absolute Gasteiger partial charge is 0.00385 e. The Morgan fingerprint density at radius 2 is 1.37 bits per heavy atom. The standard InChI is InChI=1S/C23H42N2.C2H6/c1-4-19-13-23(14-19)15-22(16-23)21-7-9-24(10-8-21)17-20-5-11-25(12-6-20)18(2)3;1-2/h18-22H,4-17H2,1-3H3;1-2H3. The van der Waals surface area contributed by atoms with Crippen LogP contribution in [0.2, 0.25) is 0 Å². The molecule has 2 nitrogen and oxygen atoms in total. The average Bonchev–Trinajstić information content (AvgIpc) is 2.63. The first-order chi connectivity index (χ1) is 13.1. The van der Waals surface area contributed by atoms with Crippen molar-refractivity contribution >= 4 is 0 Å². The highest BCUT2D eigenvalue weighted by Crippen LogP contribution is 2.64. The Kier molecular flexibility index (Phi) is 7.70. The van der Waals surface area contributed by atoms with Crippen molar-refractivity contribution in [3.8, 4) is 0 Å². The monoisotopic (exact) mass is 376 g/mol.